The highest BCUT2D eigenvalue weighted by molar-refractivity contribution is 7.18. The number of nitrogens with two attached hydrogens (primary N) is 1. The molecule has 0 aliphatic rings. The molecule has 0 aliphatic carbocycles. The van der Waals surface area contributed by atoms with Gasteiger partial charge in [0.25, 0.3) is 5.91 Å². The number of nitrogen functional groups attached to an aromatic ring is 1. The van der Waals surface area contributed by atoms with Gasteiger partial charge in [0.15, 0.2) is 0 Å². The monoisotopic (exact) mass is 589 g/mol. The Balaban J connectivity index is 1.18. The Labute approximate surface area is 253 Å². The summed E-state index contributed by atoms with van der Waals surface area (Å²) < 4.78 is 8.62. The lowest BCUT2D eigenvalue weighted by atomic mass is 10.0. The number of carbonyl (C=O) groups is 1. The summed E-state index contributed by atoms with van der Waals surface area (Å²) >= 11 is 1.63. The van der Waals surface area contributed by atoms with E-state index in [-0.39, 0.29) is 5.91 Å². The number of aromatic nitrogens is 3. The van der Waals surface area contributed by atoms with Crippen LogP contribution in [0.2, 0.25) is 0 Å². The molecule has 0 spiro atoms. The lowest BCUT2D eigenvalue weighted by Gasteiger charge is -2.14. The highest BCUT2D eigenvalue weighted by Crippen LogP contribution is 2.41. The number of amides is 1. The molecule has 6 aromatic rings. The fourth-order valence-corrected chi connectivity index (χ4v) is 6.14. The molecule has 0 atom stereocenters. The van der Waals surface area contributed by atoms with Gasteiger partial charge in [-0.15, -0.1) is 11.3 Å². The van der Waals surface area contributed by atoms with Gasteiger partial charge in [-0.1, -0.05) is 42.5 Å². The lowest BCUT2D eigenvalue weighted by Crippen LogP contribution is -2.30. The number of hydrogen-bond acceptors (Lipinski definition) is 8. The number of methoxy groups -OCH3 is 1. The van der Waals surface area contributed by atoms with E-state index in [4.69, 9.17) is 10.5 Å². The van der Waals surface area contributed by atoms with E-state index < -0.39 is 0 Å². The number of hydrogen-bond donors (Lipinski definition) is 4. The Bertz CT molecular complexity index is 1950. The van der Waals surface area contributed by atoms with Crippen molar-refractivity contribution in [2.24, 2.45) is 7.05 Å². The van der Waals surface area contributed by atoms with Crippen molar-refractivity contribution >= 4 is 55.8 Å². The zero-order valence-corrected chi connectivity index (χ0v) is 24.6. The molecule has 0 saturated carbocycles. The van der Waals surface area contributed by atoms with Crippen molar-refractivity contribution in [1.82, 2.24) is 25.3 Å². The molecule has 216 valence electrons. The van der Waals surface area contributed by atoms with Crippen molar-refractivity contribution in [2.45, 2.75) is 6.54 Å². The minimum absolute atomic E-state index is 0.250. The summed E-state index contributed by atoms with van der Waals surface area (Å²) in [6, 6.07) is 19.5. The first kappa shape index (κ1) is 28.0. The van der Waals surface area contributed by atoms with Crippen LogP contribution >= 0.6 is 11.3 Å². The number of fused-ring (bicyclic) bond motifs is 2. The molecule has 0 saturated heterocycles. The summed E-state index contributed by atoms with van der Waals surface area (Å²) in [6.45, 7) is 1.46. The van der Waals surface area contributed by atoms with Crippen LogP contribution in [0.3, 0.4) is 0 Å². The summed E-state index contributed by atoms with van der Waals surface area (Å²) in [6.07, 6.45) is 9.58. The molecule has 0 bridgehead atoms. The van der Waals surface area contributed by atoms with Crippen LogP contribution in [-0.4, -0.2) is 34.1 Å². The normalized spacial score (nSPS) is 11.4. The number of nitrogens with one attached hydrogen (secondary N) is 3. The Morgan fingerprint density at radius 2 is 2.00 bits per heavy atom. The third kappa shape index (κ3) is 5.78. The lowest BCUT2D eigenvalue weighted by molar-refractivity contribution is 0.0955. The number of pyridine rings is 2. The molecular formula is C33H31N7O2S. The number of thiophene rings is 1. The smallest absolute Gasteiger partial charge is 0.286 e. The molecule has 43 heavy (non-hydrogen) atoms. The minimum atomic E-state index is -0.250. The molecule has 6 rings (SSSR count). The van der Waals surface area contributed by atoms with E-state index in [1.807, 2.05) is 84.7 Å². The molecular weight excluding hydrogens is 558 g/mol. The second kappa shape index (κ2) is 12.4. The number of nitrogens with zero attached hydrogens (tertiary/aromatic N) is 3. The summed E-state index contributed by atoms with van der Waals surface area (Å²) in [4.78, 5) is 21.6. The largest absolute Gasteiger partial charge is 0.494 e. The fraction of sp³-hybridized carbons (Fsp3) is 0.121. The van der Waals surface area contributed by atoms with Crippen LogP contribution in [0.25, 0.3) is 38.2 Å². The number of benzene rings is 2. The van der Waals surface area contributed by atoms with Gasteiger partial charge in [0.2, 0.25) is 0 Å². The second-order valence-corrected chi connectivity index (χ2v) is 10.9. The topological polar surface area (TPSA) is 119 Å². The number of ether oxygens (including phenoxy) is 1. The van der Waals surface area contributed by atoms with Crippen molar-refractivity contribution in [3.05, 3.63) is 108 Å². The van der Waals surface area contributed by atoms with Crippen LogP contribution in [0.1, 0.15) is 21.6 Å². The Morgan fingerprint density at radius 1 is 1.12 bits per heavy atom. The maximum Gasteiger partial charge on any atom is 0.286 e. The first-order valence-electron chi connectivity index (χ1n) is 13.7. The summed E-state index contributed by atoms with van der Waals surface area (Å²) in [5.41, 5.74) is 18.4. The zero-order chi connectivity index (χ0) is 29.8. The first-order valence-corrected chi connectivity index (χ1v) is 14.6. The van der Waals surface area contributed by atoms with Gasteiger partial charge in [0.1, 0.15) is 17.3 Å². The molecule has 2 aromatic carbocycles. The molecule has 10 heteroatoms. The number of para-hydroxylation sites is 1. The van der Waals surface area contributed by atoms with Gasteiger partial charge in [0, 0.05) is 70.8 Å². The predicted molar refractivity (Wildman–Crippen MR) is 175 cm³/mol. The van der Waals surface area contributed by atoms with Crippen molar-refractivity contribution < 1.29 is 9.53 Å². The van der Waals surface area contributed by atoms with Crippen molar-refractivity contribution in [3.63, 3.8) is 0 Å². The molecule has 4 heterocycles. The molecule has 9 nitrogen and oxygen atoms in total. The van der Waals surface area contributed by atoms with E-state index in [0.29, 0.717) is 29.5 Å². The number of carbonyl (C=O) groups excluding carboxylic acids is 1. The van der Waals surface area contributed by atoms with Gasteiger partial charge in [-0.05, 0) is 46.8 Å². The first-order chi connectivity index (χ1) is 21.0. The third-order valence-corrected chi connectivity index (χ3v) is 8.30. The van der Waals surface area contributed by atoms with E-state index in [0.717, 1.165) is 49.8 Å². The van der Waals surface area contributed by atoms with Gasteiger partial charge >= 0.3 is 0 Å². The predicted octanol–water partition coefficient (Wildman–Crippen LogP) is 6.00. The molecule has 4 aromatic heterocycles. The van der Waals surface area contributed by atoms with Crippen LogP contribution in [0, 0.1) is 0 Å². The number of rotatable bonds is 10. The van der Waals surface area contributed by atoms with Crippen LogP contribution in [0.4, 0.5) is 11.5 Å². The van der Waals surface area contributed by atoms with Crippen LogP contribution < -0.4 is 26.6 Å². The Morgan fingerprint density at radius 3 is 2.81 bits per heavy atom. The molecule has 0 radical (unpaired) electrons. The maximum absolute atomic E-state index is 13.0. The summed E-state index contributed by atoms with van der Waals surface area (Å²) in [7, 11) is 3.48. The average Bonchev–Trinajstić information content (AvgIpc) is 3.64. The summed E-state index contributed by atoms with van der Waals surface area (Å²) in [5.74, 6) is 0.804. The molecule has 0 fully saturated rings. The van der Waals surface area contributed by atoms with E-state index >= 15 is 0 Å². The van der Waals surface area contributed by atoms with E-state index in [2.05, 4.69) is 43.7 Å². The van der Waals surface area contributed by atoms with Crippen molar-refractivity contribution in [3.8, 4) is 16.9 Å². The highest BCUT2D eigenvalue weighted by atomic mass is 32.1. The zero-order valence-electron chi connectivity index (χ0n) is 23.8. The number of hydrazine groups is 1. The fourth-order valence-electron chi connectivity index (χ4n) is 5.06. The molecule has 1 amide bonds. The van der Waals surface area contributed by atoms with Crippen LogP contribution in [0.15, 0.2) is 90.7 Å². The van der Waals surface area contributed by atoms with Gasteiger partial charge in [-0.3, -0.25) is 20.6 Å². The molecule has 5 N–H and O–H groups in total. The standard InChI is InChI=1S/C33H31N7O2S/c1-40-27-10-4-3-8-23(27)15-28(40)33(41)39-38-26-12-11-22(16-29(26)42-2)25-20-43-31-24(19-37-32(34)30(25)31)9-6-14-36-18-21-7-5-13-35-17-21/h3-13,15-17,19-20,36,38H,14,18H2,1-2H3,(H2,34,37)(H,39,41)/b9-6+. The molecule has 0 unspecified atom stereocenters. The third-order valence-electron chi connectivity index (χ3n) is 7.27. The summed E-state index contributed by atoms with van der Waals surface area (Å²) in [5, 5.41) is 7.40. The van der Waals surface area contributed by atoms with E-state index in [1.54, 1.807) is 24.6 Å². The second-order valence-electron chi connectivity index (χ2n) is 9.99. The average molecular weight is 590 g/mol. The molecule has 0 aliphatic heterocycles. The van der Waals surface area contributed by atoms with Crippen LogP contribution in [0.5, 0.6) is 5.75 Å². The Kier molecular flexibility index (Phi) is 8.03. The maximum atomic E-state index is 13.0. The SMILES string of the molecule is COc1cc(-c2csc3c(/C=C/CNCc4cccnc4)cnc(N)c23)ccc1NNC(=O)c1cc2ccccc2n1C. The van der Waals surface area contributed by atoms with Gasteiger partial charge in [0.05, 0.1) is 12.8 Å². The van der Waals surface area contributed by atoms with Crippen LogP contribution in [-0.2, 0) is 13.6 Å². The van der Waals surface area contributed by atoms with Gasteiger partial charge in [-0.25, -0.2) is 4.98 Å². The van der Waals surface area contributed by atoms with Gasteiger partial charge < -0.3 is 20.4 Å². The number of anilines is 2. The van der Waals surface area contributed by atoms with Crippen molar-refractivity contribution in [1.29, 1.82) is 0 Å². The number of aryl methyl sites for hydroxylation is 1. The van der Waals surface area contributed by atoms with E-state index in [9.17, 15) is 4.79 Å². The quantitative estimate of drug-likeness (QED) is 0.114. The van der Waals surface area contributed by atoms with Crippen molar-refractivity contribution in [2.75, 3.05) is 24.8 Å². The van der Waals surface area contributed by atoms with Gasteiger partial charge in [-0.2, -0.15) is 0 Å². The van der Waals surface area contributed by atoms with E-state index in [1.165, 1.54) is 0 Å². The minimum Gasteiger partial charge on any atom is -0.494 e. The highest BCUT2D eigenvalue weighted by Gasteiger charge is 2.17. The Hall–Kier alpha value is -5.19.